The first-order valence-electron chi connectivity index (χ1n) is 9.62. The van der Waals surface area contributed by atoms with Gasteiger partial charge < -0.3 is 9.47 Å². The monoisotopic (exact) mass is 371 g/mol. The standard InChI is InChI=1S/C25H25NO2/c1-4-27-25-15-19(12-13-24(25)28-17-18(2)3)14-21(16-26)23-11-7-9-20-8-5-6-10-22(20)23/h5-15,18H,4,17H2,1-3H3/b21-14+. The van der Waals surface area contributed by atoms with Gasteiger partial charge in [0.05, 0.1) is 24.9 Å². The number of hydrogen-bond donors (Lipinski definition) is 0. The molecule has 0 aliphatic heterocycles. The molecule has 0 spiro atoms. The van der Waals surface area contributed by atoms with E-state index >= 15 is 0 Å². The SMILES string of the molecule is CCOc1cc(/C=C(\C#N)c2cccc3ccccc23)ccc1OCC(C)C. The van der Waals surface area contributed by atoms with Crippen LogP contribution in [0, 0.1) is 17.2 Å². The molecule has 0 unspecified atom stereocenters. The Hall–Kier alpha value is -3.25. The van der Waals surface area contributed by atoms with Crippen LogP contribution < -0.4 is 9.47 Å². The molecule has 0 bridgehead atoms. The van der Waals surface area contributed by atoms with Crippen LogP contribution >= 0.6 is 0 Å². The van der Waals surface area contributed by atoms with Crippen LogP contribution in [-0.4, -0.2) is 13.2 Å². The predicted octanol–water partition coefficient (Wildman–Crippen LogP) is 6.34. The molecule has 0 atom stereocenters. The third kappa shape index (κ3) is 4.53. The fourth-order valence-electron chi connectivity index (χ4n) is 3.06. The minimum atomic E-state index is 0.436. The number of nitrogens with zero attached hydrogens (tertiary/aromatic N) is 1. The highest BCUT2D eigenvalue weighted by atomic mass is 16.5. The summed E-state index contributed by atoms with van der Waals surface area (Å²) in [5, 5.41) is 12.0. The van der Waals surface area contributed by atoms with E-state index in [2.05, 4.69) is 32.0 Å². The molecule has 3 heteroatoms. The molecule has 0 N–H and O–H groups in total. The second kappa shape index (κ2) is 9.10. The second-order valence-electron chi connectivity index (χ2n) is 7.04. The number of benzene rings is 3. The van der Waals surface area contributed by atoms with Crippen LogP contribution in [0.25, 0.3) is 22.4 Å². The molecule has 0 saturated heterocycles. The summed E-state index contributed by atoms with van der Waals surface area (Å²) in [5.74, 6) is 1.87. The number of hydrogen-bond acceptors (Lipinski definition) is 3. The van der Waals surface area contributed by atoms with Crippen molar-refractivity contribution in [2.24, 2.45) is 5.92 Å². The lowest BCUT2D eigenvalue weighted by Crippen LogP contribution is -2.06. The quantitative estimate of drug-likeness (QED) is 0.359. The van der Waals surface area contributed by atoms with Gasteiger partial charge in [-0.2, -0.15) is 5.26 Å². The molecule has 0 aliphatic carbocycles. The first-order chi connectivity index (χ1) is 13.6. The molecule has 0 aromatic heterocycles. The van der Waals surface area contributed by atoms with E-state index in [9.17, 15) is 5.26 Å². The van der Waals surface area contributed by atoms with Crippen molar-refractivity contribution in [1.29, 1.82) is 5.26 Å². The zero-order valence-corrected chi connectivity index (χ0v) is 16.6. The van der Waals surface area contributed by atoms with E-state index < -0.39 is 0 Å². The Morgan fingerprint density at radius 3 is 2.54 bits per heavy atom. The van der Waals surface area contributed by atoms with E-state index in [1.165, 1.54) is 0 Å². The second-order valence-corrected chi connectivity index (χ2v) is 7.04. The molecule has 0 fully saturated rings. The van der Waals surface area contributed by atoms with E-state index in [1.807, 2.05) is 61.5 Å². The van der Waals surface area contributed by atoms with Crippen LogP contribution in [0.15, 0.2) is 60.7 Å². The van der Waals surface area contributed by atoms with Gasteiger partial charge >= 0.3 is 0 Å². The van der Waals surface area contributed by atoms with Crippen molar-refractivity contribution in [3.05, 3.63) is 71.8 Å². The third-order valence-electron chi connectivity index (χ3n) is 4.35. The summed E-state index contributed by atoms with van der Waals surface area (Å²) in [5.41, 5.74) is 2.46. The Kier molecular flexibility index (Phi) is 6.34. The zero-order valence-electron chi connectivity index (χ0n) is 16.6. The smallest absolute Gasteiger partial charge is 0.161 e. The normalized spacial score (nSPS) is 11.5. The van der Waals surface area contributed by atoms with Crippen LogP contribution in [0.3, 0.4) is 0 Å². The van der Waals surface area contributed by atoms with Crippen molar-refractivity contribution in [1.82, 2.24) is 0 Å². The van der Waals surface area contributed by atoms with Gasteiger partial charge in [-0.3, -0.25) is 0 Å². The summed E-state index contributed by atoms with van der Waals surface area (Å²) in [6.07, 6.45) is 1.90. The molecule has 0 radical (unpaired) electrons. The topological polar surface area (TPSA) is 42.2 Å². The van der Waals surface area contributed by atoms with Gasteiger partial charge in [-0.15, -0.1) is 0 Å². The fraction of sp³-hybridized carbons (Fsp3) is 0.240. The summed E-state index contributed by atoms with van der Waals surface area (Å²) < 4.78 is 11.6. The summed E-state index contributed by atoms with van der Waals surface area (Å²) in [6.45, 7) is 7.36. The number of allylic oxidation sites excluding steroid dienone is 1. The molecule has 3 nitrogen and oxygen atoms in total. The number of fused-ring (bicyclic) bond motifs is 1. The molecule has 3 aromatic carbocycles. The van der Waals surface area contributed by atoms with Crippen LogP contribution in [0.4, 0.5) is 0 Å². The number of nitriles is 1. The fourth-order valence-corrected chi connectivity index (χ4v) is 3.06. The lowest BCUT2D eigenvalue weighted by molar-refractivity contribution is 0.248. The van der Waals surface area contributed by atoms with Crippen molar-refractivity contribution < 1.29 is 9.47 Å². The lowest BCUT2D eigenvalue weighted by Gasteiger charge is -2.14. The van der Waals surface area contributed by atoms with E-state index in [0.29, 0.717) is 30.5 Å². The van der Waals surface area contributed by atoms with Crippen molar-refractivity contribution in [2.45, 2.75) is 20.8 Å². The Labute approximate surface area is 166 Å². The molecule has 3 rings (SSSR count). The maximum atomic E-state index is 9.80. The summed E-state index contributed by atoms with van der Waals surface area (Å²) in [4.78, 5) is 0. The first kappa shape index (κ1) is 19.5. The van der Waals surface area contributed by atoms with Crippen LogP contribution in [0.5, 0.6) is 11.5 Å². The predicted molar refractivity (Wildman–Crippen MR) is 115 cm³/mol. The van der Waals surface area contributed by atoms with Gasteiger partial charge in [0, 0.05) is 5.56 Å². The molecule has 0 heterocycles. The molecule has 0 amide bonds. The van der Waals surface area contributed by atoms with Crippen LogP contribution in [-0.2, 0) is 0 Å². The zero-order chi connectivity index (χ0) is 19.9. The van der Waals surface area contributed by atoms with Gasteiger partial charge in [0.15, 0.2) is 11.5 Å². The molecular weight excluding hydrogens is 346 g/mol. The molecule has 28 heavy (non-hydrogen) atoms. The van der Waals surface area contributed by atoms with E-state index in [1.54, 1.807) is 0 Å². The Morgan fingerprint density at radius 1 is 1.00 bits per heavy atom. The van der Waals surface area contributed by atoms with Gasteiger partial charge in [0.2, 0.25) is 0 Å². The van der Waals surface area contributed by atoms with E-state index in [-0.39, 0.29) is 0 Å². The molecular formula is C25H25NO2. The minimum Gasteiger partial charge on any atom is -0.490 e. The van der Waals surface area contributed by atoms with Crippen molar-refractivity contribution in [2.75, 3.05) is 13.2 Å². The Bertz CT molecular complexity index is 1020. The number of rotatable bonds is 7. The summed E-state index contributed by atoms with van der Waals surface area (Å²) in [7, 11) is 0. The average Bonchev–Trinajstić information content (AvgIpc) is 2.71. The van der Waals surface area contributed by atoms with Gasteiger partial charge in [-0.05, 0) is 47.4 Å². The van der Waals surface area contributed by atoms with Crippen molar-refractivity contribution in [3.63, 3.8) is 0 Å². The minimum absolute atomic E-state index is 0.436. The van der Waals surface area contributed by atoms with Crippen LogP contribution in [0.1, 0.15) is 31.9 Å². The molecule has 0 saturated carbocycles. The summed E-state index contributed by atoms with van der Waals surface area (Å²) >= 11 is 0. The third-order valence-corrected chi connectivity index (χ3v) is 4.35. The highest BCUT2D eigenvalue weighted by molar-refractivity contribution is 6.01. The van der Waals surface area contributed by atoms with Gasteiger partial charge in [0.1, 0.15) is 0 Å². The number of ether oxygens (including phenoxy) is 2. The van der Waals surface area contributed by atoms with E-state index in [4.69, 9.17) is 9.47 Å². The molecule has 0 aliphatic rings. The first-order valence-corrected chi connectivity index (χ1v) is 9.62. The highest BCUT2D eigenvalue weighted by Gasteiger charge is 2.10. The largest absolute Gasteiger partial charge is 0.490 e. The highest BCUT2D eigenvalue weighted by Crippen LogP contribution is 2.32. The Morgan fingerprint density at radius 2 is 1.79 bits per heavy atom. The maximum absolute atomic E-state index is 9.80. The maximum Gasteiger partial charge on any atom is 0.161 e. The van der Waals surface area contributed by atoms with Gasteiger partial charge in [0.25, 0.3) is 0 Å². The summed E-state index contributed by atoms with van der Waals surface area (Å²) in [6, 6.07) is 22.3. The van der Waals surface area contributed by atoms with Crippen molar-refractivity contribution in [3.8, 4) is 17.6 Å². The van der Waals surface area contributed by atoms with E-state index in [0.717, 1.165) is 27.6 Å². The molecule has 3 aromatic rings. The van der Waals surface area contributed by atoms with Gasteiger partial charge in [-0.1, -0.05) is 62.4 Å². The Balaban J connectivity index is 2.00. The van der Waals surface area contributed by atoms with Crippen LogP contribution in [0.2, 0.25) is 0 Å². The lowest BCUT2D eigenvalue weighted by atomic mass is 9.97. The average molecular weight is 371 g/mol. The van der Waals surface area contributed by atoms with Crippen molar-refractivity contribution >= 4 is 22.4 Å². The molecule has 142 valence electrons. The van der Waals surface area contributed by atoms with Gasteiger partial charge in [-0.25, -0.2) is 0 Å².